The van der Waals surface area contributed by atoms with Crippen molar-refractivity contribution in [3.63, 3.8) is 0 Å². The Morgan fingerprint density at radius 3 is 1.75 bits per heavy atom. The molecule has 0 amide bonds. The van der Waals surface area contributed by atoms with Crippen molar-refractivity contribution >= 4 is 34.2 Å². The first-order valence-electron chi connectivity index (χ1n) is 0.436. The Morgan fingerprint density at radius 1 is 1.75 bits per heavy atom. The first-order valence-corrected chi connectivity index (χ1v) is 2.12. The van der Waals surface area contributed by atoms with Crippen molar-refractivity contribution in [2.45, 2.75) is 0 Å². The summed E-state index contributed by atoms with van der Waals surface area (Å²) in [6.07, 6.45) is 0. The standard InChI is InChI=1S/CHClI.Sm/c2-1-3;/h1H;/q-1;. The molecule has 0 fully saturated rings. The van der Waals surface area contributed by atoms with Gasteiger partial charge < -0.3 is 11.6 Å². The van der Waals surface area contributed by atoms with Crippen molar-refractivity contribution in [2.24, 2.45) is 0 Å². The van der Waals surface area contributed by atoms with E-state index in [4.69, 9.17) is 11.6 Å². The first-order chi connectivity index (χ1) is 1.41. The third kappa shape index (κ3) is 8.84. The Kier molecular flexibility index (Phi) is 21.7. The molecule has 0 aliphatic rings. The SMILES string of the molecule is Cl[CH-]I.[Sm]. The molecule has 0 unspecified atom stereocenters. The van der Waals surface area contributed by atoms with E-state index in [1.807, 2.05) is 22.6 Å². The van der Waals surface area contributed by atoms with Gasteiger partial charge in [-0.1, -0.05) is 0 Å². The van der Waals surface area contributed by atoms with E-state index in [2.05, 4.69) is 0 Å². The van der Waals surface area contributed by atoms with Crippen molar-refractivity contribution in [3.8, 4) is 0 Å². The molecule has 26 valence electrons. The minimum atomic E-state index is 0. The van der Waals surface area contributed by atoms with Gasteiger partial charge in [-0.25, -0.2) is 0 Å². The third-order valence-corrected chi connectivity index (χ3v) is 0. The van der Waals surface area contributed by atoms with Gasteiger partial charge in [-0.3, -0.25) is 22.6 Å². The summed E-state index contributed by atoms with van der Waals surface area (Å²) >= 11 is 6.79. The molecule has 0 heterocycles. The largest absolute Gasteiger partial charge is 0.338 e. The van der Waals surface area contributed by atoms with Crippen LogP contribution in [0.1, 0.15) is 0 Å². The van der Waals surface area contributed by atoms with Crippen molar-refractivity contribution in [3.05, 3.63) is 3.89 Å². The maximum absolute atomic E-state index is 4.86. The second kappa shape index (κ2) is 9.02. The molecule has 0 aromatic heterocycles. The van der Waals surface area contributed by atoms with Crippen LogP contribution in [0.4, 0.5) is 0 Å². The monoisotopic (exact) mass is 327 g/mol. The van der Waals surface area contributed by atoms with E-state index in [1.54, 1.807) is 0 Å². The van der Waals surface area contributed by atoms with Crippen molar-refractivity contribution < 1.29 is 40.4 Å². The molecule has 0 saturated heterocycles. The minimum Gasteiger partial charge on any atom is -0.338 e. The molecule has 0 saturated carbocycles. The summed E-state index contributed by atoms with van der Waals surface area (Å²) in [6.45, 7) is 0. The fourth-order valence-electron chi connectivity index (χ4n) is 0. The molecule has 0 aromatic rings. The summed E-state index contributed by atoms with van der Waals surface area (Å²) in [6, 6.07) is 0. The van der Waals surface area contributed by atoms with Crippen LogP contribution in [-0.2, 0) is 0 Å². The van der Waals surface area contributed by atoms with Gasteiger partial charge in [-0.05, 0) is 0 Å². The number of halogens is 2. The summed E-state index contributed by atoms with van der Waals surface area (Å²) in [4.78, 5) is 0. The normalized spacial score (nSPS) is 4.50. The van der Waals surface area contributed by atoms with Crippen LogP contribution in [-0.4, -0.2) is 0 Å². The minimum absolute atomic E-state index is 0. The Bertz CT molecular complexity index is 8.00. The van der Waals surface area contributed by atoms with Crippen LogP contribution in [0.2, 0.25) is 0 Å². The fraction of sp³-hybridized carbons (Fsp3) is 0. The molecule has 0 aliphatic heterocycles. The number of hydrogen-bond acceptors (Lipinski definition) is 0. The van der Waals surface area contributed by atoms with Crippen molar-refractivity contribution in [1.82, 2.24) is 0 Å². The molecule has 0 bridgehead atoms. The van der Waals surface area contributed by atoms with Crippen LogP contribution >= 0.6 is 34.2 Å². The molecule has 0 spiro atoms. The molecule has 0 aromatic carbocycles. The quantitative estimate of drug-likeness (QED) is 0.470. The van der Waals surface area contributed by atoms with E-state index in [0.717, 1.165) is 0 Å². The van der Waals surface area contributed by atoms with E-state index in [9.17, 15) is 0 Å². The molecule has 0 aliphatic carbocycles. The number of hydrogen-bond donors (Lipinski definition) is 0. The predicted octanol–water partition coefficient (Wildman–Crippen LogP) is 1.78. The van der Waals surface area contributed by atoms with Crippen LogP contribution in [0.25, 0.3) is 0 Å². The van der Waals surface area contributed by atoms with Crippen LogP contribution in [0.3, 0.4) is 0 Å². The van der Waals surface area contributed by atoms with Gasteiger partial charge in [0.2, 0.25) is 0 Å². The fourth-order valence-corrected chi connectivity index (χ4v) is 0. The molecule has 0 atom stereocenters. The van der Waals surface area contributed by atoms with Gasteiger partial charge in [0.25, 0.3) is 0 Å². The summed E-state index contributed by atoms with van der Waals surface area (Å²) in [7, 11) is 0. The number of rotatable bonds is 0. The van der Waals surface area contributed by atoms with E-state index >= 15 is 0 Å². The van der Waals surface area contributed by atoms with Gasteiger partial charge in [0.15, 0.2) is 0 Å². The van der Waals surface area contributed by atoms with Gasteiger partial charge >= 0.3 is 0 Å². The van der Waals surface area contributed by atoms with Crippen molar-refractivity contribution in [1.29, 1.82) is 0 Å². The van der Waals surface area contributed by atoms with Crippen LogP contribution in [0, 0.1) is 44.3 Å². The zero-order chi connectivity index (χ0) is 2.71. The summed E-state index contributed by atoms with van der Waals surface area (Å²) in [5.41, 5.74) is 0. The molecule has 0 rings (SSSR count). The van der Waals surface area contributed by atoms with Crippen LogP contribution in [0.5, 0.6) is 0 Å². The second-order valence-corrected chi connectivity index (χ2v) is 1.66. The molecule has 4 heavy (non-hydrogen) atoms. The average molecular weight is 326 g/mol. The zero-order valence-electron chi connectivity index (χ0n) is 1.74. The molecule has 0 N–H and O–H groups in total. The average Bonchev–Trinajstić information content (AvgIpc) is 0.918. The van der Waals surface area contributed by atoms with Gasteiger partial charge in [0, 0.05) is 40.4 Å². The van der Waals surface area contributed by atoms with Crippen LogP contribution in [0.15, 0.2) is 0 Å². The molecule has 0 nitrogen and oxygen atoms in total. The smallest absolute Gasteiger partial charge is 0 e. The maximum Gasteiger partial charge on any atom is 0 e. The maximum atomic E-state index is 4.86. The predicted molar refractivity (Wildman–Crippen MR) is 24.2 cm³/mol. The molecular formula is CHClISm-. The van der Waals surface area contributed by atoms with Gasteiger partial charge in [-0.2, -0.15) is 3.89 Å². The second-order valence-electron chi connectivity index (χ2n) is 0.0825. The van der Waals surface area contributed by atoms with Gasteiger partial charge in [0.1, 0.15) is 0 Å². The van der Waals surface area contributed by atoms with E-state index in [-0.39, 0.29) is 40.4 Å². The zero-order valence-corrected chi connectivity index (χ0v) is 7.27. The Labute approximate surface area is 76.9 Å². The van der Waals surface area contributed by atoms with Crippen LogP contribution < -0.4 is 0 Å². The summed E-state index contributed by atoms with van der Waals surface area (Å²) in [5, 5.41) is 0. The van der Waals surface area contributed by atoms with E-state index in [1.165, 1.54) is 3.89 Å². The Morgan fingerprint density at radius 2 is 1.75 bits per heavy atom. The summed E-state index contributed by atoms with van der Waals surface area (Å²) in [5.74, 6) is 0. The third-order valence-electron chi connectivity index (χ3n) is 0. The van der Waals surface area contributed by atoms with E-state index < -0.39 is 0 Å². The van der Waals surface area contributed by atoms with E-state index in [0.29, 0.717) is 0 Å². The van der Waals surface area contributed by atoms with Gasteiger partial charge in [0.05, 0.1) is 0 Å². The Balaban J connectivity index is 0. The molecular weight excluding hydrogens is 325 g/mol. The Hall–Kier alpha value is 2.36. The summed E-state index contributed by atoms with van der Waals surface area (Å²) < 4.78 is 1.44. The van der Waals surface area contributed by atoms with Gasteiger partial charge in [-0.15, -0.1) is 0 Å². The topological polar surface area (TPSA) is 0 Å². The molecule has 3 heteroatoms. The van der Waals surface area contributed by atoms with Crippen molar-refractivity contribution in [2.75, 3.05) is 0 Å². The first kappa shape index (κ1) is 9.61. The molecule has 0 radical (unpaired) electrons.